The third-order valence-electron chi connectivity index (χ3n) is 3.89. The van der Waals surface area contributed by atoms with E-state index in [-0.39, 0.29) is 0 Å². The topological polar surface area (TPSA) is 55.0 Å². The van der Waals surface area contributed by atoms with Crippen LogP contribution in [0.25, 0.3) is 0 Å². The van der Waals surface area contributed by atoms with Gasteiger partial charge in [-0.1, -0.05) is 12.1 Å². The Hall–Kier alpha value is -2.10. The zero-order valence-electron chi connectivity index (χ0n) is 11.8. The largest absolute Gasteiger partial charge is 0.399 e. The van der Waals surface area contributed by atoms with E-state index in [0.717, 1.165) is 37.4 Å². The van der Waals surface area contributed by atoms with Crippen molar-refractivity contribution in [1.82, 2.24) is 9.97 Å². The first kappa shape index (κ1) is 12.9. The van der Waals surface area contributed by atoms with Gasteiger partial charge in [-0.05, 0) is 43.9 Å². The molecule has 0 bridgehead atoms. The van der Waals surface area contributed by atoms with Crippen LogP contribution in [0.3, 0.4) is 0 Å². The lowest BCUT2D eigenvalue weighted by Crippen LogP contribution is -2.24. The summed E-state index contributed by atoms with van der Waals surface area (Å²) in [5.41, 5.74) is 10.4. The number of anilines is 2. The Morgan fingerprint density at radius 2 is 1.95 bits per heavy atom. The summed E-state index contributed by atoms with van der Waals surface area (Å²) in [7, 11) is 0. The maximum Gasteiger partial charge on any atom is 0.135 e. The predicted octanol–water partition coefficient (Wildman–Crippen LogP) is 2.57. The van der Waals surface area contributed by atoms with Crippen LogP contribution in [-0.4, -0.2) is 16.5 Å². The zero-order chi connectivity index (χ0) is 13.9. The lowest BCUT2D eigenvalue weighted by molar-refractivity contribution is 0.799. The Morgan fingerprint density at radius 1 is 1.15 bits per heavy atom. The van der Waals surface area contributed by atoms with Crippen molar-refractivity contribution in [2.45, 2.75) is 32.7 Å². The first-order valence-corrected chi connectivity index (χ1v) is 7.20. The molecular weight excluding hydrogens is 248 g/mol. The van der Waals surface area contributed by atoms with E-state index in [1.54, 1.807) is 6.33 Å². The van der Waals surface area contributed by atoms with Gasteiger partial charge in [0.15, 0.2) is 0 Å². The SMILES string of the molecule is CCN(Cc1ccc(N)cc1)c1ncnc2c1CCC2. The van der Waals surface area contributed by atoms with Gasteiger partial charge in [0.1, 0.15) is 12.1 Å². The van der Waals surface area contributed by atoms with Crippen molar-refractivity contribution >= 4 is 11.5 Å². The molecule has 0 unspecified atom stereocenters. The molecule has 1 heterocycles. The van der Waals surface area contributed by atoms with E-state index in [0.29, 0.717) is 0 Å². The summed E-state index contributed by atoms with van der Waals surface area (Å²) in [6, 6.07) is 8.07. The number of nitrogens with zero attached hydrogens (tertiary/aromatic N) is 3. The molecule has 20 heavy (non-hydrogen) atoms. The molecule has 1 aromatic heterocycles. The first-order valence-electron chi connectivity index (χ1n) is 7.20. The van der Waals surface area contributed by atoms with E-state index in [1.807, 2.05) is 12.1 Å². The minimum atomic E-state index is 0.805. The summed E-state index contributed by atoms with van der Waals surface area (Å²) in [5.74, 6) is 1.10. The van der Waals surface area contributed by atoms with Crippen LogP contribution in [0.15, 0.2) is 30.6 Å². The maximum atomic E-state index is 5.74. The van der Waals surface area contributed by atoms with Crippen molar-refractivity contribution in [2.24, 2.45) is 0 Å². The highest BCUT2D eigenvalue weighted by atomic mass is 15.2. The van der Waals surface area contributed by atoms with Crippen LogP contribution in [0, 0.1) is 0 Å². The quantitative estimate of drug-likeness (QED) is 0.866. The van der Waals surface area contributed by atoms with Crippen molar-refractivity contribution in [2.75, 3.05) is 17.2 Å². The molecular formula is C16H20N4. The fourth-order valence-corrected chi connectivity index (χ4v) is 2.79. The van der Waals surface area contributed by atoms with Crippen LogP contribution < -0.4 is 10.6 Å². The van der Waals surface area contributed by atoms with Gasteiger partial charge in [-0.3, -0.25) is 0 Å². The molecule has 0 saturated carbocycles. The molecule has 1 aliphatic rings. The average molecular weight is 268 g/mol. The van der Waals surface area contributed by atoms with Gasteiger partial charge in [-0.15, -0.1) is 0 Å². The molecule has 2 aromatic rings. The van der Waals surface area contributed by atoms with E-state index in [4.69, 9.17) is 5.73 Å². The molecule has 2 N–H and O–H groups in total. The van der Waals surface area contributed by atoms with Gasteiger partial charge in [0.05, 0.1) is 0 Å². The van der Waals surface area contributed by atoms with Crippen LogP contribution >= 0.6 is 0 Å². The van der Waals surface area contributed by atoms with Crippen LogP contribution in [0.5, 0.6) is 0 Å². The summed E-state index contributed by atoms with van der Waals surface area (Å²) in [4.78, 5) is 11.2. The minimum absolute atomic E-state index is 0.805. The number of aromatic nitrogens is 2. The van der Waals surface area contributed by atoms with Crippen molar-refractivity contribution in [3.05, 3.63) is 47.4 Å². The van der Waals surface area contributed by atoms with E-state index in [1.165, 1.54) is 23.2 Å². The molecule has 0 spiro atoms. The van der Waals surface area contributed by atoms with Crippen molar-refractivity contribution in [1.29, 1.82) is 0 Å². The number of nitrogen functional groups attached to an aromatic ring is 1. The lowest BCUT2D eigenvalue weighted by atomic mass is 10.1. The number of aryl methyl sites for hydroxylation is 1. The number of nitrogens with two attached hydrogens (primary N) is 1. The number of rotatable bonds is 4. The molecule has 1 aromatic carbocycles. The second-order valence-corrected chi connectivity index (χ2v) is 5.23. The van der Waals surface area contributed by atoms with Gasteiger partial charge in [-0.2, -0.15) is 0 Å². The molecule has 0 fully saturated rings. The van der Waals surface area contributed by atoms with Crippen LogP contribution in [0.1, 0.15) is 30.2 Å². The van der Waals surface area contributed by atoms with Crippen molar-refractivity contribution < 1.29 is 0 Å². The Kier molecular flexibility index (Phi) is 3.54. The lowest BCUT2D eigenvalue weighted by Gasteiger charge is -2.24. The summed E-state index contributed by atoms with van der Waals surface area (Å²) in [6.45, 7) is 3.97. The highest BCUT2D eigenvalue weighted by Crippen LogP contribution is 2.28. The molecule has 104 valence electrons. The van der Waals surface area contributed by atoms with E-state index in [9.17, 15) is 0 Å². The molecule has 1 aliphatic carbocycles. The zero-order valence-corrected chi connectivity index (χ0v) is 11.8. The standard InChI is InChI=1S/C16H20N4/c1-2-20(10-12-6-8-13(17)9-7-12)16-14-4-3-5-15(14)18-11-19-16/h6-9,11H,2-5,10,17H2,1H3. The first-order chi connectivity index (χ1) is 9.78. The maximum absolute atomic E-state index is 5.74. The second-order valence-electron chi connectivity index (χ2n) is 5.23. The molecule has 0 atom stereocenters. The Bertz CT molecular complexity index is 592. The monoisotopic (exact) mass is 268 g/mol. The second kappa shape index (κ2) is 5.49. The number of hydrogen-bond acceptors (Lipinski definition) is 4. The Balaban J connectivity index is 1.87. The smallest absolute Gasteiger partial charge is 0.135 e. The fourth-order valence-electron chi connectivity index (χ4n) is 2.79. The Labute approximate surface area is 119 Å². The molecule has 0 radical (unpaired) electrons. The van der Waals surface area contributed by atoms with E-state index >= 15 is 0 Å². The summed E-state index contributed by atoms with van der Waals surface area (Å²) < 4.78 is 0. The summed E-state index contributed by atoms with van der Waals surface area (Å²) in [5, 5.41) is 0. The summed E-state index contributed by atoms with van der Waals surface area (Å²) >= 11 is 0. The van der Waals surface area contributed by atoms with Gasteiger partial charge in [0.2, 0.25) is 0 Å². The summed E-state index contributed by atoms with van der Waals surface area (Å²) in [6.07, 6.45) is 5.08. The average Bonchev–Trinajstić information content (AvgIpc) is 2.95. The van der Waals surface area contributed by atoms with E-state index < -0.39 is 0 Å². The highest BCUT2D eigenvalue weighted by Gasteiger charge is 2.20. The molecule has 0 saturated heterocycles. The fraction of sp³-hybridized carbons (Fsp3) is 0.375. The molecule has 4 heteroatoms. The molecule has 0 amide bonds. The normalized spacial score (nSPS) is 13.2. The van der Waals surface area contributed by atoms with Gasteiger partial charge >= 0.3 is 0 Å². The van der Waals surface area contributed by atoms with Crippen molar-refractivity contribution in [3.8, 4) is 0 Å². The van der Waals surface area contributed by atoms with Crippen molar-refractivity contribution in [3.63, 3.8) is 0 Å². The molecule has 4 nitrogen and oxygen atoms in total. The number of fused-ring (bicyclic) bond motifs is 1. The van der Waals surface area contributed by atoms with Gasteiger partial charge in [0, 0.05) is 30.0 Å². The molecule has 0 aliphatic heterocycles. The molecule has 3 rings (SSSR count). The Morgan fingerprint density at radius 3 is 2.70 bits per heavy atom. The van der Waals surface area contributed by atoms with Gasteiger partial charge in [-0.25, -0.2) is 9.97 Å². The van der Waals surface area contributed by atoms with Gasteiger partial charge in [0.25, 0.3) is 0 Å². The third kappa shape index (κ3) is 2.46. The minimum Gasteiger partial charge on any atom is -0.399 e. The van der Waals surface area contributed by atoms with Gasteiger partial charge < -0.3 is 10.6 Å². The number of benzene rings is 1. The van der Waals surface area contributed by atoms with Crippen LogP contribution in [-0.2, 0) is 19.4 Å². The third-order valence-corrected chi connectivity index (χ3v) is 3.89. The highest BCUT2D eigenvalue weighted by molar-refractivity contribution is 5.51. The van der Waals surface area contributed by atoms with Crippen LogP contribution in [0.2, 0.25) is 0 Å². The van der Waals surface area contributed by atoms with Crippen LogP contribution in [0.4, 0.5) is 11.5 Å². The number of hydrogen-bond donors (Lipinski definition) is 1. The predicted molar refractivity (Wildman–Crippen MR) is 81.6 cm³/mol. The van der Waals surface area contributed by atoms with E-state index in [2.05, 4.69) is 33.9 Å².